The van der Waals surface area contributed by atoms with Crippen molar-refractivity contribution in [1.29, 1.82) is 0 Å². The Hall–Kier alpha value is -1.09. The van der Waals surface area contributed by atoms with Gasteiger partial charge < -0.3 is 10.0 Å². The van der Waals surface area contributed by atoms with Gasteiger partial charge in [-0.05, 0) is 31.7 Å². The largest absolute Gasteiger partial charge is 0.389 e. The molecule has 0 fully saturated rings. The minimum atomic E-state index is -0.479. The second-order valence-electron chi connectivity index (χ2n) is 5.61. The van der Waals surface area contributed by atoms with E-state index in [1.54, 1.807) is 6.92 Å². The molecule has 1 aromatic heterocycles. The van der Waals surface area contributed by atoms with Gasteiger partial charge in [-0.25, -0.2) is 4.98 Å². The molecule has 1 heterocycles. The quantitative estimate of drug-likeness (QED) is 0.814. The van der Waals surface area contributed by atoms with Crippen molar-refractivity contribution in [1.82, 2.24) is 4.98 Å². The van der Waals surface area contributed by atoms with E-state index in [2.05, 4.69) is 37.6 Å². The van der Waals surface area contributed by atoms with Crippen LogP contribution in [0.2, 0.25) is 0 Å². The second-order valence-corrected chi connectivity index (χ2v) is 5.61. The summed E-state index contributed by atoms with van der Waals surface area (Å²) in [5.74, 6) is 1.52. The molecule has 1 rings (SSSR count). The van der Waals surface area contributed by atoms with E-state index in [0.29, 0.717) is 12.0 Å². The normalized spacial score (nSPS) is 13.1. The Balaban J connectivity index is 3.16. The smallest absolute Gasteiger partial charge is 0.134 e. The molecular formula is C16H28N2O. The topological polar surface area (TPSA) is 36.4 Å². The zero-order chi connectivity index (χ0) is 14.4. The van der Waals surface area contributed by atoms with Crippen LogP contribution in [0.1, 0.15) is 59.1 Å². The van der Waals surface area contributed by atoms with E-state index >= 15 is 0 Å². The lowest BCUT2D eigenvalue weighted by molar-refractivity contribution is 0.199. The summed E-state index contributed by atoms with van der Waals surface area (Å²) in [7, 11) is 0. The monoisotopic (exact) mass is 264 g/mol. The number of pyridine rings is 1. The fourth-order valence-corrected chi connectivity index (χ4v) is 2.51. The lowest BCUT2D eigenvalue weighted by Crippen LogP contribution is -2.38. The van der Waals surface area contributed by atoms with E-state index in [1.165, 1.54) is 0 Å². The molecule has 19 heavy (non-hydrogen) atoms. The molecule has 0 saturated heterocycles. The van der Waals surface area contributed by atoms with Crippen molar-refractivity contribution in [3.63, 3.8) is 0 Å². The zero-order valence-corrected chi connectivity index (χ0v) is 12.9. The number of aromatic nitrogens is 1. The van der Waals surface area contributed by atoms with Gasteiger partial charge in [-0.15, -0.1) is 0 Å². The Morgan fingerprint density at radius 1 is 1.21 bits per heavy atom. The van der Waals surface area contributed by atoms with E-state index in [9.17, 15) is 5.11 Å². The number of rotatable bonds is 7. The first-order valence-electron chi connectivity index (χ1n) is 7.40. The fraction of sp³-hybridized carbons (Fsp3) is 0.688. The molecule has 0 aliphatic heterocycles. The Labute approximate surface area is 117 Å². The van der Waals surface area contributed by atoms with Crippen LogP contribution in [0.3, 0.4) is 0 Å². The summed E-state index contributed by atoms with van der Waals surface area (Å²) in [4.78, 5) is 6.90. The lowest BCUT2D eigenvalue weighted by atomic mass is 10.0. The summed E-state index contributed by atoms with van der Waals surface area (Å²) >= 11 is 0. The summed E-state index contributed by atoms with van der Waals surface area (Å²) < 4.78 is 0. The number of aliphatic hydroxyl groups is 1. The van der Waals surface area contributed by atoms with Crippen LogP contribution < -0.4 is 4.90 Å². The molecule has 0 aliphatic rings. The minimum absolute atomic E-state index is 0.479. The van der Waals surface area contributed by atoms with Crippen molar-refractivity contribution >= 4 is 5.82 Å². The third kappa shape index (κ3) is 4.20. The van der Waals surface area contributed by atoms with Gasteiger partial charge in [0.2, 0.25) is 0 Å². The average molecular weight is 264 g/mol. The van der Waals surface area contributed by atoms with Gasteiger partial charge >= 0.3 is 0 Å². The van der Waals surface area contributed by atoms with E-state index < -0.39 is 6.10 Å². The molecule has 0 aliphatic carbocycles. The van der Waals surface area contributed by atoms with Crippen LogP contribution in [0.15, 0.2) is 18.3 Å². The van der Waals surface area contributed by atoms with Gasteiger partial charge in [0.15, 0.2) is 0 Å². The maximum absolute atomic E-state index is 9.95. The van der Waals surface area contributed by atoms with Gasteiger partial charge in [-0.2, -0.15) is 0 Å². The van der Waals surface area contributed by atoms with Gasteiger partial charge in [0.25, 0.3) is 0 Å². The second kappa shape index (κ2) is 7.49. The average Bonchev–Trinajstić information content (AvgIpc) is 2.38. The van der Waals surface area contributed by atoms with Crippen molar-refractivity contribution in [2.75, 3.05) is 11.4 Å². The predicted octanol–water partition coefficient (Wildman–Crippen LogP) is 3.79. The van der Waals surface area contributed by atoms with E-state index in [4.69, 9.17) is 0 Å². The van der Waals surface area contributed by atoms with E-state index in [0.717, 1.165) is 30.8 Å². The summed E-state index contributed by atoms with van der Waals surface area (Å²) in [5.41, 5.74) is 0.926. The Bertz CT molecular complexity index is 373. The Morgan fingerprint density at radius 2 is 1.84 bits per heavy atom. The molecule has 0 unspecified atom stereocenters. The third-order valence-corrected chi connectivity index (χ3v) is 3.48. The standard InChI is InChI=1S/C16H28N2O/c1-6-14(7-2)18(11-12(3)4)16-15(13(5)19)9-8-10-17-16/h8-10,12-14,19H,6-7,11H2,1-5H3/t13-/m1/s1. The van der Waals surface area contributed by atoms with Crippen molar-refractivity contribution in [3.8, 4) is 0 Å². The molecule has 0 aromatic carbocycles. The van der Waals surface area contributed by atoms with Crippen LogP contribution in [0.4, 0.5) is 5.82 Å². The first-order chi connectivity index (χ1) is 9.01. The van der Waals surface area contributed by atoms with E-state index in [1.807, 2.05) is 18.3 Å². The van der Waals surface area contributed by atoms with Crippen molar-refractivity contribution in [2.24, 2.45) is 5.92 Å². The summed E-state index contributed by atoms with van der Waals surface area (Å²) in [5, 5.41) is 9.95. The lowest BCUT2D eigenvalue weighted by Gasteiger charge is -2.34. The number of nitrogens with zero attached hydrogens (tertiary/aromatic N) is 2. The molecule has 1 N–H and O–H groups in total. The SMILES string of the molecule is CCC(CC)N(CC(C)C)c1ncccc1[C@@H](C)O. The molecule has 1 aromatic rings. The first-order valence-corrected chi connectivity index (χ1v) is 7.40. The molecule has 0 bridgehead atoms. The highest BCUT2D eigenvalue weighted by Gasteiger charge is 2.22. The van der Waals surface area contributed by atoms with E-state index in [-0.39, 0.29) is 0 Å². The summed E-state index contributed by atoms with van der Waals surface area (Å²) in [6, 6.07) is 4.35. The van der Waals surface area contributed by atoms with Gasteiger partial charge in [0.05, 0.1) is 6.10 Å². The number of hydrogen-bond donors (Lipinski definition) is 1. The van der Waals surface area contributed by atoms with Crippen molar-refractivity contribution in [3.05, 3.63) is 23.9 Å². The molecular weight excluding hydrogens is 236 g/mol. The van der Waals surface area contributed by atoms with Crippen LogP contribution in [-0.4, -0.2) is 22.7 Å². The molecule has 0 spiro atoms. The zero-order valence-electron chi connectivity index (χ0n) is 12.9. The van der Waals surface area contributed by atoms with Gasteiger partial charge in [-0.3, -0.25) is 0 Å². The van der Waals surface area contributed by atoms with Gasteiger partial charge in [0.1, 0.15) is 5.82 Å². The number of hydrogen-bond acceptors (Lipinski definition) is 3. The first kappa shape index (κ1) is 16.0. The summed E-state index contributed by atoms with van der Waals surface area (Å²) in [6.45, 7) is 11.7. The van der Waals surface area contributed by atoms with Crippen LogP contribution in [-0.2, 0) is 0 Å². The van der Waals surface area contributed by atoms with Crippen molar-refractivity contribution in [2.45, 2.75) is 59.6 Å². The molecule has 0 amide bonds. The minimum Gasteiger partial charge on any atom is -0.389 e. The highest BCUT2D eigenvalue weighted by Crippen LogP contribution is 2.27. The highest BCUT2D eigenvalue weighted by atomic mass is 16.3. The number of anilines is 1. The van der Waals surface area contributed by atoms with Crippen LogP contribution in [0, 0.1) is 5.92 Å². The van der Waals surface area contributed by atoms with Crippen LogP contribution in [0.25, 0.3) is 0 Å². The molecule has 0 saturated carbocycles. The summed E-state index contributed by atoms with van der Waals surface area (Å²) in [6.07, 6.45) is 3.53. The fourth-order valence-electron chi connectivity index (χ4n) is 2.51. The Morgan fingerprint density at radius 3 is 2.32 bits per heavy atom. The van der Waals surface area contributed by atoms with Gasteiger partial charge in [-0.1, -0.05) is 33.8 Å². The molecule has 0 radical (unpaired) electrons. The molecule has 1 atom stereocenters. The van der Waals surface area contributed by atoms with Crippen LogP contribution >= 0.6 is 0 Å². The third-order valence-electron chi connectivity index (χ3n) is 3.48. The highest BCUT2D eigenvalue weighted by molar-refractivity contribution is 5.48. The maximum atomic E-state index is 9.95. The Kier molecular flexibility index (Phi) is 6.29. The number of aliphatic hydroxyl groups excluding tert-OH is 1. The molecule has 3 nitrogen and oxygen atoms in total. The molecule has 3 heteroatoms. The van der Waals surface area contributed by atoms with Crippen molar-refractivity contribution < 1.29 is 5.11 Å². The predicted molar refractivity (Wildman–Crippen MR) is 81.4 cm³/mol. The van der Waals surface area contributed by atoms with Gasteiger partial charge in [0, 0.05) is 24.3 Å². The van der Waals surface area contributed by atoms with Crippen LogP contribution in [0.5, 0.6) is 0 Å². The molecule has 108 valence electrons. The maximum Gasteiger partial charge on any atom is 0.134 e.